The quantitative estimate of drug-likeness (QED) is 0.686. The molecule has 2 aliphatic heterocycles. The maximum Gasteiger partial charge on any atom is 0.289 e. The first-order valence-electron chi connectivity index (χ1n) is 9.43. The van der Waals surface area contributed by atoms with Gasteiger partial charge in [0, 0.05) is 48.4 Å². The van der Waals surface area contributed by atoms with Crippen LogP contribution in [-0.4, -0.2) is 28.5 Å². The third-order valence-electron chi connectivity index (χ3n) is 5.77. The number of benzene rings is 1. The minimum Gasteiger partial charge on any atom is -0.459 e. The summed E-state index contributed by atoms with van der Waals surface area (Å²) < 4.78 is 21.5. The third-order valence-corrected chi connectivity index (χ3v) is 5.77. The average molecular weight is 378 g/mol. The molecule has 5 rings (SSSR count). The number of aromatic nitrogens is 1. The monoisotopic (exact) mass is 378 g/mol. The van der Waals surface area contributed by atoms with Gasteiger partial charge >= 0.3 is 0 Å². The number of pyridine rings is 1. The molecule has 4 heterocycles. The van der Waals surface area contributed by atoms with Crippen LogP contribution in [0.4, 0.5) is 4.39 Å². The normalized spacial score (nSPS) is 20.7. The molecule has 2 aliphatic rings. The van der Waals surface area contributed by atoms with Gasteiger partial charge in [-0.05, 0) is 36.6 Å². The number of halogens is 1. The van der Waals surface area contributed by atoms with Crippen molar-refractivity contribution >= 4 is 5.91 Å². The summed E-state index contributed by atoms with van der Waals surface area (Å²) in [6, 6.07) is 13.2. The zero-order chi connectivity index (χ0) is 19.3. The van der Waals surface area contributed by atoms with Crippen LogP contribution in [0, 0.1) is 11.7 Å². The summed E-state index contributed by atoms with van der Waals surface area (Å²) in [5.74, 6) is 0.0395. The Kier molecular flexibility index (Phi) is 3.93. The van der Waals surface area contributed by atoms with E-state index in [-0.39, 0.29) is 29.1 Å². The fourth-order valence-electron chi connectivity index (χ4n) is 4.64. The van der Waals surface area contributed by atoms with Crippen LogP contribution in [0.3, 0.4) is 0 Å². The molecule has 3 aromatic rings. The molecule has 0 aliphatic carbocycles. The van der Waals surface area contributed by atoms with Crippen LogP contribution < -0.4 is 5.56 Å². The van der Waals surface area contributed by atoms with Crippen molar-refractivity contribution in [2.75, 3.05) is 13.1 Å². The van der Waals surface area contributed by atoms with Gasteiger partial charge in [-0.1, -0.05) is 18.2 Å². The molecular weight excluding hydrogens is 359 g/mol. The van der Waals surface area contributed by atoms with Crippen LogP contribution in [0.25, 0.3) is 11.1 Å². The van der Waals surface area contributed by atoms with E-state index in [2.05, 4.69) is 0 Å². The van der Waals surface area contributed by atoms with E-state index in [1.165, 1.54) is 18.4 Å². The van der Waals surface area contributed by atoms with Crippen molar-refractivity contribution in [3.8, 4) is 11.1 Å². The number of fused-ring (bicyclic) bond motifs is 4. The minimum atomic E-state index is -0.314. The molecule has 6 heteroatoms. The Labute approximate surface area is 161 Å². The Hall–Kier alpha value is -3.15. The number of nitrogens with zero attached hydrogens (tertiary/aromatic N) is 2. The summed E-state index contributed by atoms with van der Waals surface area (Å²) in [7, 11) is 0. The molecule has 0 spiro atoms. The number of carbonyl (C=O) groups excluding carboxylic acids is 1. The van der Waals surface area contributed by atoms with Gasteiger partial charge in [0.1, 0.15) is 5.82 Å². The number of rotatable bonds is 2. The Bertz CT molecular complexity index is 1100. The molecule has 28 heavy (non-hydrogen) atoms. The highest BCUT2D eigenvalue weighted by molar-refractivity contribution is 5.91. The summed E-state index contributed by atoms with van der Waals surface area (Å²) in [4.78, 5) is 27.1. The molecule has 2 atom stereocenters. The number of furan rings is 1. The third kappa shape index (κ3) is 2.68. The number of piperidine rings is 1. The fourth-order valence-corrected chi connectivity index (χ4v) is 4.64. The van der Waals surface area contributed by atoms with Crippen LogP contribution in [-0.2, 0) is 6.54 Å². The first-order valence-corrected chi connectivity index (χ1v) is 9.43. The molecule has 5 nitrogen and oxygen atoms in total. The molecule has 2 aromatic heterocycles. The largest absolute Gasteiger partial charge is 0.459 e. The highest BCUT2D eigenvalue weighted by Gasteiger charge is 2.38. The second-order valence-corrected chi connectivity index (χ2v) is 7.55. The van der Waals surface area contributed by atoms with E-state index in [0.29, 0.717) is 31.0 Å². The molecular formula is C22H19FN2O3. The summed E-state index contributed by atoms with van der Waals surface area (Å²) in [6.07, 6.45) is 2.37. The van der Waals surface area contributed by atoms with E-state index in [1.807, 2.05) is 0 Å². The van der Waals surface area contributed by atoms with Gasteiger partial charge in [-0.25, -0.2) is 4.39 Å². The van der Waals surface area contributed by atoms with Crippen molar-refractivity contribution in [1.82, 2.24) is 9.47 Å². The molecule has 2 bridgehead atoms. The molecule has 0 N–H and O–H groups in total. The van der Waals surface area contributed by atoms with Crippen molar-refractivity contribution in [3.63, 3.8) is 0 Å². The fraction of sp³-hybridized carbons (Fsp3) is 0.273. The van der Waals surface area contributed by atoms with Crippen molar-refractivity contribution in [1.29, 1.82) is 0 Å². The molecule has 0 radical (unpaired) electrons. The van der Waals surface area contributed by atoms with Crippen LogP contribution in [0.5, 0.6) is 0 Å². The topological polar surface area (TPSA) is 55.5 Å². The van der Waals surface area contributed by atoms with Gasteiger partial charge < -0.3 is 13.9 Å². The lowest BCUT2D eigenvalue weighted by Crippen LogP contribution is -2.49. The maximum atomic E-state index is 14.5. The molecule has 1 fully saturated rings. The molecule has 0 saturated carbocycles. The highest BCUT2D eigenvalue weighted by Crippen LogP contribution is 2.40. The molecule has 1 amide bonds. The van der Waals surface area contributed by atoms with Crippen molar-refractivity contribution in [2.45, 2.75) is 18.9 Å². The highest BCUT2D eigenvalue weighted by atomic mass is 19.1. The van der Waals surface area contributed by atoms with Crippen LogP contribution in [0.1, 0.15) is 28.6 Å². The van der Waals surface area contributed by atoms with E-state index in [0.717, 1.165) is 17.7 Å². The Morgan fingerprint density at radius 2 is 1.86 bits per heavy atom. The van der Waals surface area contributed by atoms with Crippen LogP contribution in [0.2, 0.25) is 0 Å². The van der Waals surface area contributed by atoms with E-state index >= 15 is 0 Å². The number of carbonyl (C=O) groups is 1. The molecule has 0 unspecified atom stereocenters. The summed E-state index contributed by atoms with van der Waals surface area (Å²) in [6.45, 7) is 1.61. The minimum absolute atomic E-state index is 0.0186. The first kappa shape index (κ1) is 17.0. The smallest absolute Gasteiger partial charge is 0.289 e. The number of hydrogen-bond donors (Lipinski definition) is 0. The van der Waals surface area contributed by atoms with Crippen molar-refractivity contribution in [2.24, 2.45) is 5.92 Å². The summed E-state index contributed by atoms with van der Waals surface area (Å²) >= 11 is 0. The van der Waals surface area contributed by atoms with Gasteiger partial charge in [-0.15, -0.1) is 0 Å². The average Bonchev–Trinajstić information content (AvgIpc) is 3.23. The molecule has 1 aromatic carbocycles. The van der Waals surface area contributed by atoms with E-state index in [4.69, 9.17) is 4.42 Å². The first-order chi connectivity index (χ1) is 13.6. The van der Waals surface area contributed by atoms with Crippen LogP contribution in [0.15, 0.2) is 64.0 Å². The molecule has 142 valence electrons. The van der Waals surface area contributed by atoms with Gasteiger partial charge in [-0.3, -0.25) is 9.59 Å². The van der Waals surface area contributed by atoms with E-state index < -0.39 is 0 Å². The summed E-state index contributed by atoms with van der Waals surface area (Å²) in [5.41, 5.74) is 1.97. The van der Waals surface area contributed by atoms with Crippen LogP contribution >= 0.6 is 0 Å². The number of hydrogen-bond acceptors (Lipinski definition) is 3. The maximum absolute atomic E-state index is 14.5. The Balaban J connectivity index is 1.59. The number of amides is 1. The lowest BCUT2D eigenvalue weighted by atomic mass is 9.80. The Morgan fingerprint density at radius 1 is 1.00 bits per heavy atom. The van der Waals surface area contributed by atoms with Gasteiger partial charge in [0.15, 0.2) is 5.76 Å². The standard InChI is InChI=1S/C22H19FN2O3/c23-18-5-2-1-4-16(18)17-7-8-20(26)25-12-14-10-15(21(17)25)13-24(11-14)22(27)19-6-3-9-28-19/h1-9,14-15H,10-13H2/t14-,15+/m0/s1. The van der Waals surface area contributed by atoms with Crippen molar-refractivity contribution < 1.29 is 13.6 Å². The van der Waals surface area contributed by atoms with E-state index in [1.54, 1.807) is 45.9 Å². The second-order valence-electron chi connectivity index (χ2n) is 7.55. The van der Waals surface area contributed by atoms with Gasteiger partial charge in [-0.2, -0.15) is 0 Å². The lowest BCUT2D eigenvalue weighted by molar-refractivity contribution is 0.0564. The van der Waals surface area contributed by atoms with Gasteiger partial charge in [0.2, 0.25) is 0 Å². The second kappa shape index (κ2) is 6.48. The van der Waals surface area contributed by atoms with Gasteiger partial charge in [0.05, 0.1) is 6.26 Å². The van der Waals surface area contributed by atoms with E-state index in [9.17, 15) is 14.0 Å². The lowest BCUT2D eigenvalue weighted by Gasteiger charge is -2.43. The predicted octanol–water partition coefficient (Wildman–Crippen LogP) is 3.51. The van der Waals surface area contributed by atoms with Gasteiger partial charge in [0.25, 0.3) is 11.5 Å². The molecule has 1 saturated heterocycles. The zero-order valence-electron chi connectivity index (χ0n) is 15.2. The predicted molar refractivity (Wildman–Crippen MR) is 102 cm³/mol. The SMILES string of the molecule is O=C(c1ccco1)N1C[C@@H]2C[C@H](C1)c1c(-c3ccccc3F)ccc(=O)n1C2. The Morgan fingerprint density at radius 3 is 2.64 bits per heavy atom. The number of likely N-dealkylation sites (tertiary alicyclic amines) is 1. The zero-order valence-corrected chi connectivity index (χ0v) is 15.2. The van der Waals surface area contributed by atoms with Crippen molar-refractivity contribution in [3.05, 3.63) is 82.4 Å². The summed E-state index contributed by atoms with van der Waals surface area (Å²) in [5, 5.41) is 0.